The molecule has 1 saturated heterocycles. The van der Waals surface area contributed by atoms with Crippen LogP contribution in [-0.2, 0) is 9.59 Å². The number of carbonyl (C=O) groups excluding carboxylic acids is 2. The number of benzene rings is 1. The maximum absolute atomic E-state index is 12.2. The number of halogens is 1. The van der Waals surface area contributed by atoms with Crippen LogP contribution in [0, 0.1) is 0 Å². The standard InChI is InChI=1S/C15H14BrN3O2/c1-2-19-13(20)7-12(15(19)21)18-11-5-3-4-9-6-10(16)8-17-14(9)11/h3-6,8,12,18H,2,7H2,1H3. The molecule has 1 aromatic heterocycles. The highest BCUT2D eigenvalue weighted by molar-refractivity contribution is 9.10. The lowest BCUT2D eigenvalue weighted by molar-refractivity contribution is -0.138. The van der Waals surface area contributed by atoms with Gasteiger partial charge in [-0.3, -0.25) is 19.5 Å². The summed E-state index contributed by atoms with van der Waals surface area (Å²) in [6.07, 6.45) is 1.91. The van der Waals surface area contributed by atoms with E-state index >= 15 is 0 Å². The van der Waals surface area contributed by atoms with E-state index in [1.54, 1.807) is 13.1 Å². The van der Waals surface area contributed by atoms with Crippen LogP contribution in [0.15, 0.2) is 34.9 Å². The summed E-state index contributed by atoms with van der Waals surface area (Å²) >= 11 is 3.39. The Morgan fingerprint density at radius 2 is 2.24 bits per heavy atom. The van der Waals surface area contributed by atoms with Crippen molar-refractivity contribution in [2.24, 2.45) is 0 Å². The van der Waals surface area contributed by atoms with Gasteiger partial charge in [0, 0.05) is 22.6 Å². The molecule has 0 aliphatic carbocycles. The molecule has 0 spiro atoms. The van der Waals surface area contributed by atoms with Crippen LogP contribution in [0.4, 0.5) is 5.69 Å². The minimum absolute atomic E-state index is 0.129. The third kappa shape index (κ3) is 2.51. The Hall–Kier alpha value is -1.95. The monoisotopic (exact) mass is 347 g/mol. The maximum atomic E-state index is 12.2. The lowest BCUT2D eigenvalue weighted by Gasteiger charge is -2.15. The van der Waals surface area contributed by atoms with E-state index < -0.39 is 6.04 Å². The van der Waals surface area contributed by atoms with Crippen molar-refractivity contribution in [3.05, 3.63) is 34.9 Å². The Labute approximate surface area is 130 Å². The third-order valence-corrected chi connectivity index (χ3v) is 4.00. The van der Waals surface area contributed by atoms with Gasteiger partial charge in [-0.05, 0) is 35.0 Å². The number of amides is 2. The smallest absolute Gasteiger partial charge is 0.252 e. The predicted octanol–water partition coefficient (Wildman–Crippen LogP) is 2.56. The van der Waals surface area contributed by atoms with E-state index in [1.807, 2.05) is 24.3 Å². The third-order valence-electron chi connectivity index (χ3n) is 3.57. The Morgan fingerprint density at radius 3 is 2.95 bits per heavy atom. The molecule has 0 saturated carbocycles. The highest BCUT2D eigenvalue weighted by atomic mass is 79.9. The first-order valence-electron chi connectivity index (χ1n) is 6.75. The molecular weight excluding hydrogens is 334 g/mol. The van der Waals surface area contributed by atoms with Crippen molar-refractivity contribution in [3.63, 3.8) is 0 Å². The minimum atomic E-state index is -0.506. The van der Waals surface area contributed by atoms with Crippen LogP contribution in [0.3, 0.4) is 0 Å². The van der Waals surface area contributed by atoms with E-state index in [0.29, 0.717) is 6.54 Å². The molecule has 1 unspecified atom stereocenters. The van der Waals surface area contributed by atoms with Gasteiger partial charge < -0.3 is 5.32 Å². The zero-order chi connectivity index (χ0) is 15.0. The van der Waals surface area contributed by atoms with E-state index in [0.717, 1.165) is 21.1 Å². The SMILES string of the molecule is CCN1C(=O)CC(Nc2cccc3cc(Br)cnc23)C1=O. The van der Waals surface area contributed by atoms with Gasteiger partial charge in [0.25, 0.3) is 5.91 Å². The summed E-state index contributed by atoms with van der Waals surface area (Å²) in [4.78, 5) is 29.6. The second kappa shape index (κ2) is 5.44. The molecule has 3 rings (SSSR count). The summed E-state index contributed by atoms with van der Waals surface area (Å²) in [7, 11) is 0. The maximum Gasteiger partial charge on any atom is 0.252 e. The van der Waals surface area contributed by atoms with Crippen LogP contribution in [0.25, 0.3) is 10.9 Å². The van der Waals surface area contributed by atoms with Gasteiger partial charge in [-0.15, -0.1) is 0 Å². The van der Waals surface area contributed by atoms with Crippen LogP contribution in [-0.4, -0.2) is 34.3 Å². The number of para-hydroxylation sites is 1. The summed E-state index contributed by atoms with van der Waals surface area (Å²) in [5.74, 6) is -0.299. The fourth-order valence-corrected chi connectivity index (χ4v) is 2.92. The molecule has 1 N–H and O–H groups in total. The molecule has 108 valence electrons. The number of pyridine rings is 1. The highest BCUT2D eigenvalue weighted by Gasteiger charge is 2.37. The largest absolute Gasteiger partial charge is 0.371 e. The Bertz CT molecular complexity index is 732. The van der Waals surface area contributed by atoms with Gasteiger partial charge in [0.05, 0.1) is 17.6 Å². The van der Waals surface area contributed by atoms with Crippen molar-refractivity contribution in [2.45, 2.75) is 19.4 Å². The minimum Gasteiger partial charge on any atom is -0.371 e. The lowest BCUT2D eigenvalue weighted by atomic mass is 10.1. The van der Waals surface area contributed by atoms with Gasteiger partial charge in [-0.1, -0.05) is 12.1 Å². The number of hydrogen-bond acceptors (Lipinski definition) is 4. The average molecular weight is 348 g/mol. The number of imide groups is 1. The van der Waals surface area contributed by atoms with Crippen LogP contribution >= 0.6 is 15.9 Å². The Balaban J connectivity index is 1.92. The van der Waals surface area contributed by atoms with Crippen LogP contribution in [0.5, 0.6) is 0 Å². The second-order valence-electron chi connectivity index (χ2n) is 4.91. The van der Waals surface area contributed by atoms with E-state index in [-0.39, 0.29) is 18.2 Å². The molecule has 5 nitrogen and oxygen atoms in total. The average Bonchev–Trinajstić information content (AvgIpc) is 2.73. The van der Waals surface area contributed by atoms with Crippen molar-refractivity contribution in [2.75, 3.05) is 11.9 Å². The zero-order valence-corrected chi connectivity index (χ0v) is 13.1. The van der Waals surface area contributed by atoms with E-state index in [2.05, 4.69) is 26.2 Å². The quantitative estimate of drug-likeness (QED) is 0.866. The van der Waals surface area contributed by atoms with Crippen molar-refractivity contribution in [1.29, 1.82) is 0 Å². The first-order chi connectivity index (χ1) is 10.1. The van der Waals surface area contributed by atoms with Crippen molar-refractivity contribution in [3.8, 4) is 0 Å². The lowest BCUT2D eigenvalue weighted by Crippen LogP contribution is -2.34. The van der Waals surface area contributed by atoms with Crippen molar-refractivity contribution >= 4 is 44.3 Å². The molecule has 2 heterocycles. The van der Waals surface area contributed by atoms with Gasteiger partial charge in [0.15, 0.2) is 0 Å². The summed E-state index contributed by atoms with van der Waals surface area (Å²) in [5.41, 5.74) is 1.56. The number of hydrogen-bond donors (Lipinski definition) is 1. The van der Waals surface area contributed by atoms with Crippen LogP contribution < -0.4 is 5.32 Å². The van der Waals surface area contributed by atoms with Gasteiger partial charge >= 0.3 is 0 Å². The normalized spacial score (nSPS) is 18.6. The second-order valence-corrected chi connectivity index (χ2v) is 5.82. The van der Waals surface area contributed by atoms with Gasteiger partial charge in [0.1, 0.15) is 6.04 Å². The van der Waals surface area contributed by atoms with Gasteiger partial charge in [-0.25, -0.2) is 0 Å². The number of carbonyl (C=O) groups is 2. The van der Waals surface area contributed by atoms with E-state index in [9.17, 15) is 9.59 Å². The van der Waals surface area contributed by atoms with E-state index in [1.165, 1.54) is 4.90 Å². The summed E-state index contributed by atoms with van der Waals surface area (Å²) in [5, 5.41) is 4.13. The molecular formula is C15H14BrN3O2. The Morgan fingerprint density at radius 1 is 1.43 bits per heavy atom. The molecule has 0 bridgehead atoms. The van der Waals surface area contributed by atoms with Crippen molar-refractivity contribution in [1.82, 2.24) is 9.88 Å². The topological polar surface area (TPSA) is 62.3 Å². The van der Waals surface area contributed by atoms with Crippen LogP contribution in [0.2, 0.25) is 0 Å². The molecule has 1 aromatic carbocycles. The number of anilines is 1. The molecule has 21 heavy (non-hydrogen) atoms. The summed E-state index contributed by atoms with van der Waals surface area (Å²) in [6.45, 7) is 2.21. The van der Waals surface area contributed by atoms with Crippen LogP contribution in [0.1, 0.15) is 13.3 Å². The Kier molecular flexibility index (Phi) is 3.63. The molecule has 6 heteroatoms. The van der Waals surface area contributed by atoms with Gasteiger partial charge in [0.2, 0.25) is 5.91 Å². The molecule has 1 atom stereocenters. The zero-order valence-electron chi connectivity index (χ0n) is 11.5. The van der Waals surface area contributed by atoms with Gasteiger partial charge in [-0.2, -0.15) is 0 Å². The number of nitrogens with zero attached hydrogens (tertiary/aromatic N) is 2. The number of rotatable bonds is 3. The first kappa shape index (κ1) is 14.0. The molecule has 1 aliphatic rings. The molecule has 1 fully saturated rings. The molecule has 1 aliphatic heterocycles. The fourth-order valence-electron chi connectivity index (χ4n) is 2.57. The first-order valence-corrected chi connectivity index (χ1v) is 7.54. The summed E-state index contributed by atoms with van der Waals surface area (Å²) < 4.78 is 0.899. The molecule has 0 radical (unpaired) electrons. The number of likely N-dealkylation sites (tertiary alicyclic amines) is 1. The number of nitrogens with one attached hydrogen (secondary N) is 1. The molecule has 2 amide bonds. The number of fused-ring (bicyclic) bond motifs is 1. The number of likely N-dealkylation sites (N-methyl/N-ethyl adjacent to an activating group) is 1. The van der Waals surface area contributed by atoms with E-state index in [4.69, 9.17) is 0 Å². The highest BCUT2D eigenvalue weighted by Crippen LogP contribution is 2.26. The van der Waals surface area contributed by atoms with Crippen molar-refractivity contribution < 1.29 is 9.59 Å². The number of aromatic nitrogens is 1. The summed E-state index contributed by atoms with van der Waals surface area (Å²) in [6, 6.07) is 7.19. The molecule has 2 aromatic rings. The predicted molar refractivity (Wildman–Crippen MR) is 83.9 cm³/mol. The fraction of sp³-hybridized carbons (Fsp3) is 0.267.